The van der Waals surface area contributed by atoms with Crippen molar-refractivity contribution >= 4 is 11.4 Å². The predicted molar refractivity (Wildman–Crippen MR) is 177 cm³/mol. The molecule has 6 heteroatoms. The number of hydrogen-bond donors (Lipinski definition) is 2. The van der Waals surface area contributed by atoms with Crippen LogP contribution in [0.25, 0.3) is 0 Å². The van der Waals surface area contributed by atoms with E-state index in [0.29, 0.717) is 35.5 Å². The van der Waals surface area contributed by atoms with Gasteiger partial charge >= 0.3 is 16.8 Å². The third kappa shape index (κ3) is 12.2. The Labute approximate surface area is 283 Å². The molecule has 0 heterocycles. The summed E-state index contributed by atoms with van der Waals surface area (Å²) in [5.41, 5.74) is 11.5. The first-order valence-corrected chi connectivity index (χ1v) is 15.8. The van der Waals surface area contributed by atoms with Gasteiger partial charge in [0.2, 0.25) is 0 Å². The van der Waals surface area contributed by atoms with Crippen LogP contribution in [-0.2, 0) is 16.8 Å². The number of anilines is 2. The minimum absolute atomic E-state index is 0. The summed E-state index contributed by atoms with van der Waals surface area (Å²) in [7, 11) is 2.26. The van der Waals surface area contributed by atoms with Crippen molar-refractivity contribution in [2.24, 2.45) is 0 Å². The molecule has 0 fully saturated rings. The summed E-state index contributed by atoms with van der Waals surface area (Å²) >= 11 is 0. The van der Waals surface area contributed by atoms with E-state index < -0.39 is 0 Å². The molecule has 0 aliphatic rings. The molecule has 0 saturated carbocycles. The van der Waals surface area contributed by atoms with Gasteiger partial charge in [-0.25, -0.2) is 0 Å². The third-order valence-electron chi connectivity index (χ3n) is 8.08. The standard InChI is InChI=1S/C36H61N3.2ClH.Co/c1-23(2)29-19-31(25(5)6)35(32(20-29)26(7)8)37-15-14-17-39(13)18-16-38-36-33(27(9)10)21-30(24(3)4)22-34(36)28(11)12;;;/h19-28,37-38H,14-18H2,1-13H3;2*1H;/q;;;+2/p-2. The zero-order valence-corrected chi connectivity index (χ0v) is 31.4. The van der Waals surface area contributed by atoms with Gasteiger partial charge in [-0.2, -0.15) is 0 Å². The van der Waals surface area contributed by atoms with Crippen molar-refractivity contribution in [1.29, 1.82) is 0 Å². The number of nitrogens with zero attached hydrogens (tertiary/aromatic N) is 1. The second-order valence-electron chi connectivity index (χ2n) is 13.6. The average Bonchev–Trinajstić information content (AvgIpc) is 2.85. The second-order valence-corrected chi connectivity index (χ2v) is 13.6. The topological polar surface area (TPSA) is 27.3 Å². The van der Waals surface area contributed by atoms with Gasteiger partial charge in [0, 0.05) is 31.0 Å². The maximum Gasteiger partial charge on any atom is 2.00 e. The molecule has 2 aromatic carbocycles. The second kappa shape index (κ2) is 20.2. The van der Waals surface area contributed by atoms with Crippen molar-refractivity contribution in [3.05, 3.63) is 57.6 Å². The first-order chi connectivity index (χ1) is 18.2. The SMILES string of the molecule is CC(C)c1cc(C(C)C)c(NCCCN(C)CCNc2c(C(C)C)cc(C(C)C)cc2C(C)C)c(C(C)C)c1.[Cl-].[Cl-].[Co+2]. The number of halogens is 2. The van der Waals surface area contributed by atoms with Crippen LogP contribution in [0.5, 0.6) is 0 Å². The fourth-order valence-electron chi connectivity index (χ4n) is 5.37. The van der Waals surface area contributed by atoms with Gasteiger partial charge in [-0.1, -0.05) is 107 Å². The summed E-state index contributed by atoms with van der Waals surface area (Å²) in [6.07, 6.45) is 1.13. The van der Waals surface area contributed by atoms with Crippen LogP contribution in [0.4, 0.5) is 11.4 Å². The molecule has 3 nitrogen and oxygen atoms in total. The molecule has 0 aliphatic heterocycles. The van der Waals surface area contributed by atoms with E-state index in [4.69, 9.17) is 0 Å². The molecular weight excluding hydrogens is 604 g/mol. The zero-order chi connectivity index (χ0) is 29.4. The number of hydrogen-bond acceptors (Lipinski definition) is 3. The fraction of sp³-hybridized carbons (Fsp3) is 0.667. The van der Waals surface area contributed by atoms with E-state index in [1.54, 1.807) is 0 Å². The summed E-state index contributed by atoms with van der Waals surface area (Å²) in [5.74, 6) is 3.15. The summed E-state index contributed by atoms with van der Waals surface area (Å²) in [4.78, 5) is 2.47. The molecule has 0 saturated heterocycles. The summed E-state index contributed by atoms with van der Waals surface area (Å²) in [5, 5.41) is 7.71. The molecule has 0 bridgehead atoms. The molecule has 1 radical (unpaired) electrons. The molecule has 0 aromatic heterocycles. The molecule has 0 unspecified atom stereocenters. The molecule has 2 aromatic rings. The van der Waals surface area contributed by atoms with Crippen molar-refractivity contribution in [2.75, 3.05) is 43.9 Å². The van der Waals surface area contributed by atoms with Crippen LogP contribution >= 0.6 is 0 Å². The third-order valence-corrected chi connectivity index (χ3v) is 8.08. The Kier molecular flexibility index (Phi) is 20.8. The Hall–Kier alpha value is -0.914. The largest absolute Gasteiger partial charge is 2.00 e. The minimum Gasteiger partial charge on any atom is -1.00 e. The minimum atomic E-state index is 0. The molecule has 0 spiro atoms. The normalized spacial score (nSPS) is 11.4. The quantitative estimate of drug-likeness (QED) is 0.279. The Morgan fingerprint density at radius 2 is 0.810 bits per heavy atom. The van der Waals surface area contributed by atoms with Crippen LogP contribution in [0.15, 0.2) is 24.3 Å². The van der Waals surface area contributed by atoms with Crippen LogP contribution in [0, 0.1) is 0 Å². The molecule has 243 valence electrons. The summed E-state index contributed by atoms with van der Waals surface area (Å²) in [6, 6.07) is 9.74. The maximum atomic E-state index is 3.86. The van der Waals surface area contributed by atoms with Gasteiger partial charge in [-0.3, -0.25) is 0 Å². The van der Waals surface area contributed by atoms with Gasteiger partial charge < -0.3 is 40.3 Å². The Morgan fingerprint density at radius 1 is 0.500 bits per heavy atom. The van der Waals surface area contributed by atoms with Crippen molar-refractivity contribution < 1.29 is 41.6 Å². The molecule has 0 amide bonds. The van der Waals surface area contributed by atoms with E-state index in [0.717, 1.165) is 32.6 Å². The predicted octanol–water partition coefficient (Wildman–Crippen LogP) is 4.28. The van der Waals surface area contributed by atoms with Crippen LogP contribution < -0.4 is 35.4 Å². The van der Waals surface area contributed by atoms with E-state index >= 15 is 0 Å². The van der Waals surface area contributed by atoms with Crippen LogP contribution in [-0.4, -0.2) is 38.1 Å². The van der Waals surface area contributed by atoms with Gasteiger partial charge in [0.05, 0.1) is 0 Å². The van der Waals surface area contributed by atoms with Crippen molar-refractivity contribution in [2.45, 2.75) is 125 Å². The van der Waals surface area contributed by atoms with E-state index in [1.165, 1.54) is 44.8 Å². The van der Waals surface area contributed by atoms with E-state index in [2.05, 4.69) is 130 Å². The molecule has 42 heavy (non-hydrogen) atoms. The van der Waals surface area contributed by atoms with E-state index in [-0.39, 0.29) is 41.6 Å². The fourth-order valence-corrected chi connectivity index (χ4v) is 5.37. The number of benzene rings is 2. The molecule has 2 N–H and O–H groups in total. The van der Waals surface area contributed by atoms with Gasteiger partial charge in [0.15, 0.2) is 0 Å². The summed E-state index contributed by atoms with van der Waals surface area (Å²) < 4.78 is 0. The van der Waals surface area contributed by atoms with Crippen molar-refractivity contribution in [3.8, 4) is 0 Å². The Morgan fingerprint density at radius 3 is 1.10 bits per heavy atom. The first-order valence-electron chi connectivity index (χ1n) is 15.8. The van der Waals surface area contributed by atoms with Gasteiger partial charge in [0.1, 0.15) is 0 Å². The van der Waals surface area contributed by atoms with Crippen LogP contribution in [0.3, 0.4) is 0 Å². The number of likely N-dealkylation sites (N-methyl/N-ethyl adjacent to an activating group) is 1. The molecular formula is C36H61Cl2CoN3. The Bertz CT molecular complexity index is 990. The monoisotopic (exact) mass is 664 g/mol. The van der Waals surface area contributed by atoms with Gasteiger partial charge in [0.25, 0.3) is 0 Å². The van der Waals surface area contributed by atoms with E-state index in [1.807, 2.05) is 0 Å². The number of rotatable bonds is 15. The van der Waals surface area contributed by atoms with E-state index in [9.17, 15) is 0 Å². The zero-order valence-electron chi connectivity index (χ0n) is 28.8. The van der Waals surface area contributed by atoms with Gasteiger partial charge in [-0.05, 0) is 88.9 Å². The molecule has 0 aliphatic carbocycles. The van der Waals surface area contributed by atoms with Crippen molar-refractivity contribution in [1.82, 2.24) is 4.90 Å². The molecule has 0 atom stereocenters. The van der Waals surface area contributed by atoms with Crippen LogP contribution in [0.1, 0.15) is 158 Å². The Balaban J connectivity index is 0. The first kappa shape index (κ1) is 43.2. The molecule has 2 rings (SSSR count). The smallest absolute Gasteiger partial charge is 1.00 e. The summed E-state index contributed by atoms with van der Waals surface area (Å²) in [6.45, 7) is 31.9. The average molecular weight is 666 g/mol. The maximum absolute atomic E-state index is 3.86. The number of nitrogens with one attached hydrogen (secondary N) is 2. The van der Waals surface area contributed by atoms with Crippen molar-refractivity contribution in [3.63, 3.8) is 0 Å². The van der Waals surface area contributed by atoms with Gasteiger partial charge in [-0.15, -0.1) is 0 Å². The van der Waals surface area contributed by atoms with Crippen LogP contribution in [0.2, 0.25) is 0 Å².